The number of benzene rings is 1. The van der Waals surface area contributed by atoms with Crippen LogP contribution in [-0.4, -0.2) is 12.1 Å². The Labute approximate surface area is 98.9 Å². The van der Waals surface area contributed by atoms with Gasteiger partial charge in [-0.2, -0.15) is 0 Å². The summed E-state index contributed by atoms with van der Waals surface area (Å²) in [5.74, 6) is 0.951. The number of ether oxygens (including phenoxy) is 1. The van der Waals surface area contributed by atoms with E-state index in [4.69, 9.17) is 10.5 Å². The first-order valence-corrected chi connectivity index (χ1v) is 5.98. The van der Waals surface area contributed by atoms with Gasteiger partial charge in [0.25, 0.3) is 0 Å². The summed E-state index contributed by atoms with van der Waals surface area (Å²) in [6.07, 6.45) is 2.17. The van der Waals surface area contributed by atoms with Gasteiger partial charge < -0.3 is 10.5 Å². The van der Waals surface area contributed by atoms with Crippen molar-refractivity contribution in [2.24, 2.45) is 5.73 Å². The van der Waals surface area contributed by atoms with Crippen molar-refractivity contribution < 1.29 is 4.74 Å². The topological polar surface area (TPSA) is 35.2 Å². The average Bonchev–Trinajstić information content (AvgIpc) is 2.93. The van der Waals surface area contributed by atoms with E-state index in [1.54, 1.807) is 0 Å². The Bertz CT molecular complexity index is 385. The summed E-state index contributed by atoms with van der Waals surface area (Å²) in [5, 5.41) is 0. The highest BCUT2D eigenvalue weighted by molar-refractivity contribution is 9.10. The van der Waals surface area contributed by atoms with E-state index in [1.807, 2.05) is 12.1 Å². The van der Waals surface area contributed by atoms with Gasteiger partial charge in [-0.25, -0.2) is 0 Å². The lowest BCUT2D eigenvalue weighted by molar-refractivity contribution is 0.277. The van der Waals surface area contributed by atoms with Gasteiger partial charge in [-0.3, -0.25) is 0 Å². The minimum atomic E-state index is -0.0482. The monoisotopic (exact) mass is 269 g/mol. The Hall–Kier alpha value is -0.540. The highest BCUT2D eigenvalue weighted by Crippen LogP contribution is 2.34. The Morgan fingerprint density at radius 3 is 2.60 bits per heavy atom. The van der Waals surface area contributed by atoms with Crippen LogP contribution in [0.15, 0.2) is 16.6 Å². The molecule has 1 saturated carbocycles. The minimum Gasteiger partial charge on any atom is -0.491 e. The van der Waals surface area contributed by atoms with E-state index in [0.717, 1.165) is 23.1 Å². The highest BCUT2D eigenvalue weighted by Gasteiger charge is 2.39. The summed E-state index contributed by atoms with van der Waals surface area (Å²) in [6.45, 7) is 4.79. The molecule has 0 atom stereocenters. The van der Waals surface area contributed by atoms with Gasteiger partial charge in [-0.1, -0.05) is 15.9 Å². The van der Waals surface area contributed by atoms with Crippen LogP contribution < -0.4 is 10.5 Å². The molecule has 82 valence electrons. The van der Waals surface area contributed by atoms with Crippen LogP contribution in [0.25, 0.3) is 0 Å². The quantitative estimate of drug-likeness (QED) is 0.916. The molecule has 1 aromatic rings. The van der Waals surface area contributed by atoms with Gasteiger partial charge in [0.05, 0.1) is 5.54 Å². The molecule has 0 radical (unpaired) electrons. The third-order valence-electron chi connectivity index (χ3n) is 3.08. The minimum absolute atomic E-state index is 0.0482. The zero-order valence-corrected chi connectivity index (χ0v) is 10.7. The number of halogens is 1. The predicted octanol–water partition coefficient (Wildman–Crippen LogP) is 2.94. The molecule has 0 aromatic heterocycles. The molecule has 0 amide bonds. The molecule has 0 bridgehead atoms. The number of rotatable bonds is 3. The third-order valence-corrected chi connectivity index (χ3v) is 3.94. The van der Waals surface area contributed by atoms with Crippen molar-refractivity contribution >= 4 is 15.9 Å². The second-order valence-corrected chi connectivity index (χ2v) is 5.30. The highest BCUT2D eigenvalue weighted by atomic mass is 79.9. The van der Waals surface area contributed by atoms with Gasteiger partial charge in [0.1, 0.15) is 12.4 Å². The first-order chi connectivity index (χ1) is 7.02. The normalized spacial score (nSPS) is 17.6. The average molecular weight is 270 g/mol. The van der Waals surface area contributed by atoms with Gasteiger partial charge in [-0.05, 0) is 49.9 Å². The van der Waals surface area contributed by atoms with E-state index >= 15 is 0 Å². The van der Waals surface area contributed by atoms with Crippen LogP contribution in [-0.2, 0) is 0 Å². The van der Waals surface area contributed by atoms with Crippen molar-refractivity contribution in [3.8, 4) is 5.75 Å². The molecule has 1 aliphatic carbocycles. The van der Waals surface area contributed by atoms with Crippen molar-refractivity contribution in [3.63, 3.8) is 0 Å². The lowest BCUT2D eigenvalue weighted by Crippen LogP contribution is -2.29. The second kappa shape index (κ2) is 3.80. The van der Waals surface area contributed by atoms with Crippen molar-refractivity contribution in [2.45, 2.75) is 32.2 Å². The van der Waals surface area contributed by atoms with Crippen LogP contribution in [0.4, 0.5) is 0 Å². The number of hydrogen-bond acceptors (Lipinski definition) is 2. The Morgan fingerprint density at radius 2 is 2.00 bits per heavy atom. The zero-order chi connectivity index (χ0) is 11.1. The lowest BCUT2D eigenvalue weighted by atomic mass is 10.1. The maximum atomic E-state index is 5.98. The summed E-state index contributed by atoms with van der Waals surface area (Å²) >= 11 is 3.50. The van der Waals surface area contributed by atoms with Crippen molar-refractivity contribution in [1.29, 1.82) is 0 Å². The van der Waals surface area contributed by atoms with Gasteiger partial charge in [0.15, 0.2) is 0 Å². The zero-order valence-electron chi connectivity index (χ0n) is 9.14. The largest absolute Gasteiger partial charge is 0.491 e. The molecule has 2 nitrogen and oxygen atoms in total. The standard InChI is InChI=1S/C12H16BrNO/c1-8-9(2)11(4-3-10(8)13)15-7-12(14)5-6-12/h3-4H,5-7,14H2,1-2H3. The predicted molar refractivity (Wildman–Crippen MR) is 65.3 cm³/mol. The summed E-state index contributed by atoms with van der Waals surface area (Å²) in [7, 11) is 0. The molecule has 0 saturated heterocycles. The Morgan fingerprint density at radius 1 is 1.33 bits per heavy atom. The lowest BCUT2D eigenvalue weighted by Gasteiger charge is -2.15. The van der Waals surface area contributed by atoms with Crippen molar-refractivity contribution in [1.82, 2.24) is 0 Å². The number of hydrogen-bond donors (Lipinski definition) is 1. The Balaban J connectivity index is 2.11. The smallest absolute Gasteiger partial charge is 0.122 e. The summed E-state index contributed by atoms with van der Waals surface area (Å²) in [5.41, 5.74) is 8.35. The fourth-order valence-corrected chi connectivity index (χ4v) is 1.88. The van der Waals surface area contributed by atoms with Crippen LogP contribution in [0, 0.1) is 13.8 Å². The van der Waals surface area contributed by atoms with Crippen LogP contribution in [0.3, 0.4) is 0 Å². The fourth-order valence-electron chi connectivity index (χ4n) is 1.45. The van der Waals surface area contributed by atoms with E-state index < -0.39 is 0 Å². The first kappa shape index (κ1) is 11.0. The SMILES string of the molecule is Cc1c(Br)ccc(OCC2(N)CC2)c1C. The van der Waals surface area contributed by atoms with E-state index in [-0.39, 0.29) is 5.54 Å². The molecular weight excluding hydrogens is 254 g/mol. The fraction of sp³-hybridized carbons (Fsp3) is 0.500. The molecule has 15 heavy (non-hydrogen) atoms. The van der Waals surface area contributed by atoms with Crippen LogP contribution >= 0.6 is 15.9 Å². The molecule has 0 spiro atoms. The van der Waals surface area contributed by atoms with Crippen LogP contribution in [0.5, 0.6) is 5.75 Å². The maximum absolute atomic E-state index is 5.98. The molecular formula is C12H16BrNO. The number of nitrogens with two attached hydrogens (primary N) is 1. The third kappa shape index (κ3) is 2.34. The summed E-state index contributed by atoms with van der Waals surface area (Å²) < 4.78 is 6.88. The molecule has 2 rings (SSSR count). The second-order valence-electron chi connectivity index (χ2n) is 4.45. The van der Waals surface area contributed by atoms with Crippen LogP contribution in [0.2, 0.25) is 0 Å². The molecule has 1 fully saturated rings. The van der Waals surface area contributed by atoms with Gasteiger partial charge >= 0.3 is 0 Å². The van der Waals surface area contributed by atoms with Crippen LogP contribution in [0.1, 0.15) is 24.0 Å². The van der Waals surface area contributed by atoms with E-state index in [9.17, 15) is 0 Å². The molecule has 0 aliphatic heterocycles. The van der Waals surface area contributed by atoms with E-state index in [0.29, 0.717) is 6.61 Å². The molecule has 1 aliphatic rings. The van der Waals surface area contributed by atoms with Gasteiger partial charge in [0, 0.05) is 4.47 Å². The van der Waals surface area contributed by atoms with Crippen molar-refractivity contribution in [3.05, 3.63) is 27.7 Å². The molecule has 2 N–H and O–H groups in total. The van der Waals surface area contributed by atoms with E-state index in [2.05, 4.69) is 29.8 Å². The molecule has 1 aromatic carbocycles. The molecule has 0 heterocycles. The van der Waals surface area contributed by atoms with Crippen molar-refractivity contribution in [2.75, 3.05) is 6.61 Å². The Kier molecular flexibility index (Phi) is 2.77. The summed E-state index contributed by atoms with van der Waals surface area (Å²) in [4.78, 5) is 0. The summed E-state index contributed by atoms with van der Waals surface area (Å²) in [6, 6.07) is 4.02. The first-order valence-electron chi connectivity index (χ1n) is 5.19. The molecule has 0 unspecified atom stereocenters. The van der Waals surface area contributed by atoms with Gasteiger partial charge in [-0.15, -0.1) is 0 Å². The molecule has 3 heteroatoms. The van der Waals surface area contributed by atoms with Gasteiger partial charge in [0.2, 0.25) is 0 Å². The maximum Gasteiger partial charge on any atom is 0.122 e. The van der Waals surface area contributed by atoms with E-state index in [1.165, 1.54) is 11.1 Å².